The highest BCUT2D eigenvalue weighted by molar-refractivity contribution is 5.98. The van der Waals surface area contributed by atoms with E-state index in [1.807, 2.05) is 66.7 Å². The summed E-state index contributed by atoms with van der Waals surface area (Å²) in [5, 5.41) is 13.4. The van der Waals surface area contributed by atoms with E-state index in [2.05, 4.69) is 18.2 Å². The number of methoxy groups -OCH3 is 2. The van der Waals surface area contributed by atoms with E-state index in [4.69, 9.17) is 9.47 Å². The van der Waals surface area contributed by atoms with Crippen LogP contribution in [0, 0.1) is 0 Å². The highest BCUT2D eigenvalue weighted by Crippen LogP contribution is 2.38. The van der Waals surface area contributed by atoms with Gasteiger partial charge < -0.3 is 14.6 Å². The lowest BCUT2D eigenvalue weighted by Crippen LogP contribution is -2.03. The number of ether oxygens (including phenoxy) is 2. The van der Waals surface area contributed by atoms with Gasteiger partial charge in [-0.1, -0.05) is 60.7 Å². The molecule has 1 atom stereocenters. The standard InChI is InChI=1S/C25H22O3/c1-27-20-12-7-18(8-13-20)24-22-6-4-3-5-17(22)11-16-23(24)25(26)19-9-14-21(28-2)15-10-19/h3-16,25-26H,1-2H3. The number of benzene rings is 4. The third kappa shape index (κ3) is 3.32. The van der Waals surface area contributed by atoms with Crippen LogP contribution in [0.25, 0.3) is 21.9 Å². The third-order valence-electron chi connectivity index (χ3n) is 5.07. The normalized spacial score (nSPS) is 12.0. The van der Waals surface area contributed by atoms with Crippen LogP contribution >= 0.6 is 0 Å². The molecule has 3 nitrogen and oxygen atoms in total. The number of hydrogen-bond acceptors (Lipinski definition) is 3. The fourth-order valence-corrected chi connectivity index (χ4v) is 3.56. The first-order valence-corrected chi connectivity index (χ1v) is 9.19. The molecule has 0 aromatic heterocycles. The Morgan fingerprint density at radius 2 is 1.29 bits per heavy atom. The average molecular weight is 370 g/mol. The molecule has 0 bridgehead atoms. The van der Waals surface area contributed by atoms with Crippen molar-refractivity contribution in [2.75, 3.05) is 14.2 Å². The second kappa shape index (κ2) is 7.75. The molecule has 0 aliphatic heterocycles. The highest BCUT2D eigenvalue weighted by atomic mass is 16.5. The number of hydrogen-bond donors (Lipinski definition) is 1. The van der Waals surface area contributed by atoms with Crippen molar-refractivity contribution in [3.63, 3.8) is 0 Å². The van der Waals surface area contributed by atoms with E-state index in [-0.39, 0.29) is 0 Å². The maximum atomic E-state index is 11.2. The fourth-order valence-electron chi connectivity index (χ4n) is 3.56. The Balaban J connectivity index is 1.89. The molecule has 0 amide bonds. The predicted molar refractivity (Wildman–Crippen MR) is 113 cm³/mol. The van der Waals surface area contributed by atoms with Gasteiger partial charge in [0.25, 0.3) is 0 Å². The zero-order valence-electron chi connectivity index (χ0n) is 15.9. The lowest BCUT2D eigenvalue weighted by Gasteiger charge is -2.19. The SMILES string of the molecule is COc1ccc(-c2c(C(O)c3ccc(OC)cc3)ccc3ccccc23)cc1. The van der Waals surface area contributed by atoms with Crippen molar-refractivity contribution < 1.29 is 14.6 Å². The van der Waals surface area contributed by atoms with Crippen LogP contribution in [0.15, 0.2) is 84.9 Å². The summed E-state index contributed by atoms with van der Waals surface area (Å²) in [6.07, 6.45) is -0.743. The van der Waals surface area contributed by atoms with E-state index < -0.39 is 6.10 Å². The Morgan fingerprint density at radius 3 is 1.93 bits per heavy atom. The summed E-state index contributed by atoms with van der Waals surface area (Å²) in [4.78, 5) is 0. The van der Waals surface area contributed by atoms with Crippen molar-refractivity contribution in [2.45, 2.75) is 6.10 Å². The topological polar surface area (TPSA) is 38.7 Å². The molecule has 0 saturated carbocycles. The Morgan fingerprint density at radius 1 is 0.679 bits per heavy atom. The summed E-state index contributed by atoms with van der Waals surface area (Å²) in [6, 6.07) is 27.8. The van der Waals surface area contributed by atoms with Crippen molar-refractivity contribution in [3.05, 3.63) is 96.1 Å². The Labute approximate surface area is 164 Å². The van der Waals surface area contributed by atoms with Gasteiger partial charge in [-0.2, -0.15) is 0 Å². The molecular weight excluding hydrogens is 348 g/mol. The Bertz CT molecular complexity index is 1080. The van der Waals surface area contributed by atoms with Crippen LogP contribution in [0.3, 0.4) is 0 Å². The zero-order chi connectivity index (χ0) is 19.5. The summed E-state index contributed by atoms with van der Waals surface area (Å²) >= 11 is 0. The highest BCUT2D eigenvalue weighted by Gasteiger charge is 2.18. The van der Waals surface area contributed by atoms with E-state index in [0.717, 1.165) is 44.5 Å². The van der Waals surface area contributed by atoms with Crippen LogP contribution in [0.4, 0.5) is 0 Å². The minimum Gasteiger partial charge on any atom is -0.497 e. The van der Waals surface area contributed by atoms with Crippen molar-refractivity contribution >= 4 is 10.8 Å². The zero-order valence-corrected chi connectivity index (χ0v) is 15.9. The lowest BCUT2D eigenvalue weighted by molar-refractivity contribution is 0.221. The fraction of sp³-hybridized carbons (Fsp3) is 0.120. The summed E-state index contributed by atoms with van der Waals surface area (Å²) in [5.74, 6) is 1.58. The largest absolute Gasteiger partial charge is 0.497 e. The number of aliphatic hydroxyl groups is 1. The number of fused-ring (bicyclic) bond motifs is 1. The summed E-state index contributed by atoms with van der Waals surface area (Å²) in [5.41, 5.74) is 3.77. The first-order valence-electron chi connectivity index (χ1n) is 9.19. The van der Waals surface area contributed by atoms with Crippen molar-refractivity contribution in [1.82, 2.24) is 0 Å². The van der Waals surface area contributed by atoms with Gasteiger partial charge in [-0.15, -0.1) is 0 Å². The molecule has 0 saturated heterocycles. The molecule has 0 aliphatic rings. The van der Waals surface area contributed by atoms with E-state index in [0.29, 0.717) is 0 Å². The van der Waals surface area contributed by atoms with E-state index >= 15 is 0 Å². The van der Waals surface area contributed by atoms with E-state index in [9.17, 15) is 5.11 Å². The van der Waals surface area contributed by atoms with Gasteiger partial charge in [0.2, 0.25) is 0 Å². The van der Waals surface area contributed by atoms with Gasteiger partial charge in [0.1, 0.15) is 17.6 Å². The van der Waals surface area contributed by atoms with Crippen LogP contribution < -0.4 is 9.47 Å². The molecule has 4 rings (SSSR count). The van der Waals surface area contributed by atoms with Crippen LogP contribution in [0.1, 0.15) is 17.2 Å². The first kappa shape index (κ1) is 18.1. The maximum absolute atomic E-state index is 11.2. The molecule has 0 fully saturated rings. The predicted octanol–water partition coefficient (Wildman–Crippen LogP) is 5.61. The maximum Gasteiger partial charge on any atom is 0.118 e. The molecule has 4 aromatic carbocycles. The van der Waals surface area contributed by atoms with Crippen molar-refractivity contribution in [3.8, 4) is 22.6 Å². The van der Waals surface area contributed by atoms with Crippen molar-refractivity contribution in [2.24, 2.45) is 0 Å². The van der Waals surface area contributed by atoms with Gasteiger partial charge in [-0.05, 0) is 57.3 Å². The average Bonchev–Trinajstić information content (AvgIpc) is 2.78. The molecule has 4 aromatic rings. The van der Waals surface area contributed by atoms with Gasteiger partial charge in [0, 0.05) is 0 Å². The van der Waals surface area contributed by atoms with Crippen LogP contribution in [0.5, 0.6) is 11.5 Å². The Hall–Kier alpha value is -3.30. The number of aliphatic hydroxyl groups excluding tert-OH is 1. The smallest absolute Gasteiger partial charge is 0.118 e. The summed E-state index contributed by atoms with van der Waals surface area (Å²) in [6.45, 7) is 0. The van der Waals surface area contributed by atoms with Gasteiger partial charge in [0.15, 0.2) is 0 Å². The first-order chi connectivity index (χ1) is 13.7. The van der Waals surface area contributed by atoms with Gasteiger partial charge in [-0.3, -0.25) is 0 Å². The van der Waals surface area contributed by atoms with Crippen molar-refractivity contribution in [1.29, 1.82) is 0 Å². The van der Waals surface area contributed by atoms with Gasteiger partial charge >= 0.3 is 0 Å². The van der Waals surface area contributed by atoms with Crippen LogP contribution in [0.2, 0.25) is 0 Å². The van der Waals surface area contributed by atoms with Crippen LogP contribution in [-0.4, -0.2) is 19.3 Å². The molecule has 1 unspecified atom stereocenters. The molecule has 28 heavy (non-hydrogen) atoms. The number of rotatable bonds is 5. The monoisotopic (exact) mass is 370 g/mol. The molecule has 1 N–H and O–H groups in total. The second-order valence-electron chi connectivity index (χ2n) is 6.66. The minimum atomic E-state index is -0.743. The van der Waals surface area contributed by atoms with Crippen LogP contribution in [-0.2, 0) is 0 Å². The summed E-state index contributed by atoms with van der Waals surface area (Å²) < 4.78 is 10.5. The quantitative estimate of drug-likeness (QED) is 0.496. The summed E-state index contributed by atoms with van der Waals surface area (Å²) in [7, 11) is 3.29. The molecular formula is C25H22O3. The molecule has 0 aliphatic carbocycles. The molecule has 0 radical (unpaired) electrons. The lowest BCUT2D eigenvalue weighted by atomic mass is 9.88. The second-order valence-corrected chi connectivity index (χ2v) is 6.66. The van der Waals surface area contributed by atoms with Gasteiger partial charge in [0.05, 0.1) is 14.2 Å². The molecule has 0 heterocycles. The minimum absolute atomic E-state index is 0.743. The third-order valence-corrected chi connectivity index (χ3v) is 5.07. The molecule has 3 heteroatoms. The molecule has 140 valence electrons. The van der Waals surface area contributed by atoms with E-state index in [1.54, 1.807) is 14.2 Å². The Kier molecular flexibility index (Phi) is 5.00. The molecule has 0 spiro atoms. The van der Waals surface area contributed by atoms with E-state index in [1.165, 1.54) is 0 Å². The van der Waals surface area contributed by atoms with Gasteiger partial charge in [-0.25, -0.2) is 0 Å².